The van der Waals surface area contributed by atoms with Gasteiger partial charge >= 0.3 is 0 Å². The molecule has 2 heterocycles. The SMILES string of the molecule is Cc1cccc(S(=O)(=O)N2C[C@@H]3CNCCN3c3ccc(Br)cc32)c1. The van der Waals surface area contributed by atoms with Crippen molar-refractivity contribution >= 4 is 37.3 Å². The summed E-state index contributed by atoms with van der Waals surface area (Å²) in [6, 6.07) is 13.1. The van der Waals surface area contributed by atoms with E-state index >= 15 is 0 Å². The predicted octanol–water partition coefficient (Wildman–Crippen LogP) is 2.74. The molecule has 2 aromatic rings. The van der Waals surface area contributed by atoms with Gasteiger partial charge < -0.3 is 10.2 Å². The Morgan fingerprint density at radius 2 is 2.00 bits per heavy atom. The number of hydrogen-bond donors (Lipinski definition) is 1. The van der Waals surface area contributed by atoms with Crippen LogP contribution in [-0.2, 0) is 10.0 Å². The molecule has 0 aromatic heterocycles. The largest absolute Gasteiger partial charge is 0.362 e. The molecule has 0 unspecified atom stereocenters. The van der Waals surface area contributed by atoms with Crippen LogP contribution in [0.5, 0.6) is 0 Å². The van der Waals surface area contributed by atoms with Gasteiger partial charge in [-0.2, -0.15) is 0 Å². The summed E-state index contributed by atoms with van der Waals surface area (Å²) in [4.78, 5) is 2.66. The van der Waals surface area contributed by atoms with Gasteiger partial charge in [0.1, 0.15) is 0 Å². The summed E-state index contributed by atoms with van der Waals surface area (Å²) in [5.41, 5.74) is 2.67. The highest BCUT2D eigenvalue weighted by molar-refractivity contribution is 9.10. The molecule has 0 saturated carbocycles. The average molecular weight is 422 g/mol. The second-order valence-electron chi connectivity index (χ2n) is 6.54. The van der Waals surface area contributed by atoms with Gasteiger partial charge in [-0.15, -0.1) is 0 Å². The Hall–Kier alpha value is -1.57. The summed E-state index contributed by atoms with van der Waals surface area (Å²) in [6.45, 7) is 4.95. The number of benzene rings is 2. The Kier molecular flexibility index (Phi) is 4.25. The molecule has 1 N–H and O–H groups in total. The molecule has 0 spiro atoms. The standard InChI is InChI=1S/C18H20BrN3O2S/c1-13-3-2-4-16(9-13)25(23,24)22-12-15-11-20-7-8-21(15)17-6-5-14(19)10-18(17)22/h2-6,9-10,15,20H,7-8,11-12H2,1H3/t15-/m0/s1. The molecule has 0 aliphatic carbocycles. The molecular weight excluding hydrogens is 402 g/mol. The fourth-order valence-electron chi connectivity index (χ4n) is 3.60. The number of halogens is 1. The van der Waals surface area contributed by atoms with Crippen molar-refractivity contribution in [3.05, 3.63) is 52.5 Å². The first-order valence-corrected chi connectivity index (χ1v) is 10.6. The highest BCUT2D eigenvalue weighted by atomic mass is 79.9. The Labute approximate surface area is 156 Å². The fraction of sp³-hybridized carbons (Fsp3) is 0.333. The van der Waals surface area contributed by atoms with E-state index in [-0.39, 0.29) is 6.04 Å². The van der Waals surface area contributed by atoms with Crippen LogP contribution in [0.2, 0.25) is 0 Å². The van der Waals surface area contributed by atoms with Crippen LogP contribution in [0.4, 0.5) is 11.4 Å². The van der Waals surface area contributed by atoms with Crippen LogP contribution in [0.25, 0.3) is 0 Å². The molecule has 1 fully saturated rings. The van der Waals surface area contributed by atoms with E-state index < -0.39 is 10.0 Å². The highest BCUT2D eigenvalue weighted by Gasteiger charge is 2.38. The van der Waals surface area contributed by atoms with E-state index in [4.69, 9.17) is 0 Å². The number of rotatable bonds is 2. The van der Waals surface area contributed by atoms with Gasteiger partial charge in [-0.1, -0.05) is 28.1 Å². The summed E-state index contributed by atoms with van der Waals surface area (Å²) in [5, 5.41) is 3.37. The first kappa shape index (κ1) is 16.9. The van der Waals surface area contributed by atoms with Gasteiger partial charge in [-0.05, 0) is 42.8 Å². The van der Waals surface area contributed by atoms with Gasteiger partial charge in [0, 0.05) is 24.1 Å². The van der Waals surface area contributed by atoms with Gasteiger partial charge in [-0.25, -0.2) is 8.42 Å². The number of aryl methyl sites for hydroxylation is 1. The first-order valence-electron chi connectivity index (χ1n) is 8.33. The van der Waals surface area contributed by atoms with Crippen LogP contribution in [0, 0.1) is 6.92 Å². The lowest BCUT2D eigenvalue weighted by Gasteiger charge is -2.46. The third-order valence-electron chi connectivity index (χ3n) is 4.82. The minimum atomic E-state index is -3.61. The molecule has 25 heavy (non-hydrogen) atoms. The summed E-state index contributed by atoms with van der Waals surface area (Å²) < 4.78 is 29.2. The summed E-state index contributed by atoms with van der Waals surface area (Å²) >= 11 is 3.49. The number of fused-ring (bicyclic) bond motifs is 3. The number of anilines is 2. The van der Waals surface area contributed by atoms with E-state index in [1.807, 2.05) is 31.2 Å². The number of hydrogen-bond acceptors (Lipinski definition) is 4. The normalized spacial score (nSPS) is 20.2. The fourth-order valence-corrected chi connectivity index (χ4v) is 5.56. The Morgan fingerprint density at radius 1 is 1.16 bits per heavy atom. The molecule has 4 rings (SSSR count). The van der Waals surface area contributed by atoms with Crippen LogP contribution in [-0.4, -0.2) is 40.6 Å². The molecular formula is C18H20BrN3O2S. The molecule has 2 aliphatic rings. The maximum atomic E-state index is 13.4. The van der Waals surface area contributed by atoms with Crippen LogP contribution >= 0.6 is 15.9 Å². The average Bonchev–Trinajstić information content (AvgIpc) is 2.60. The van der Waals surface area contributed by atoms with Crippen molar-refractivity contribution < 1.29 is 8.42 Å². The molecule has 1 atom stereocenters. The van der Waals surface area contributed by atoms with E-state index in [0.717, 1.165) is 41.0 Å². The zero-order valence-corrected chi connectivity index (χ0v) is 16.3. The van der Waals surface area contributed by atoms with Crippen LogP contribution in [0.3, 0.4) is 0 Å². The number of nitrogens with one attached hydrogen (secondary N) is 1. The number of piperazine rings is 1. The third kappa shape index (κ3) is 2.94. The minimum Gasteiger partial charge on any atom is -0.362 e. The highest BCUT2D eigenvalue weighted by Crippen LogP contribution is 2.40. The smallest absolute Gasteiger partial charge is 0.264 e. The van der Waals surface area contributed by atoms with Crippen LogP contribution < -0.4 is 14.5 Å². The monoisotopic (exact) mass is 421 g/mol. The van der Waals surface area contributed by atoms with Crippen molar-refractivity contribution in [3.63, 3.8) is 0 Å². The van der Waals surface area contributed by atoms with Crippen molar-refractivity contribution in [3.8, 4) is 0 Å². The Balaban J connectivity index is 1.85. The van der Waals surface area contributed by atoms with Crippen molar-refractivity contribution in [1.82, 2.24) is 5.32 Å². The molecule has 2 aromatic carbocycles. The second kappa shape index (κ2) is 6.30. The van der Waals surface area contributed by atoms with Crippen LogP contribution in [0.1, 0.15) is 5.56 Å². The van der Waals surface area contributed by atoms with Gasteiger partial charge in [0.15, 0.2) is 0 Å². The molecule has 5 nitrogen and oxygen atoms in total. The summed E-state index contributed by atoms with van der Waals surface area (Å²) in [7, 11) is -3.61. The van der Waals surface area contributed by atoms with E-state index in [9.17, 15) is 8.42 Å². The van der Waals surface area contributed by atoms with E-state index in [2.05, 4.69) is 26.1 Å². The minimum absolute atomic E-state index is 0.141. The van der Waals surface area contributed by atoms with E-state index in [1.165, 1.54) is 0 Å². The molecule has 0 bridgehead atoms. The van der Waals surface area contributed by atoms with E-state index in [1.54, 1.807) is 22.5 Å². The molecule has 7 heteroatoms. The summed E-state index contributed by atoms with van der Waals surface area (Å²) in [5.74, 6) is 0. The maximum absolute atomic E-state index is 13.4. The lowest BCUT2D eigenvalue weighted by atomic mass is 10.1. The molecule has 132 valence electrons. The zero-order valence-electron chi connectivity index (χ0n) is 13.9. The number of nitrogens with zero attached hydrogens (tertiary/aromatic N) is 2. The lowest BCUT2D eigenvalue weighted by molar-refractivity contribution is 0.470. The zero-order chi connectivity index (χ0) is 17.6. The van der Waals surface area contributed by atoms with Gasteiger partial charge in [0.05, 0.1) is 28.9 Å². The van der Waals surface area contributed by atoms with Gasteiger partial charge in [-0.3, -0.25) is 4.31 Å². The topological polar surface area (TPSA) is 52.7 Å². The number of sulfonamides is 1. The third-order valence-corrected chi connectivity index (χ3v) is 7.09. The summed E-state index contributed by atoms with van der Waals surface area (Å²) in [6.07, 6.45) is 0. The molecule has 1 saturated heterocycles. The Bertz CT molecular complexity index is 916. The van der Waals surface area contributed by atoms with E-state index in [0.29, 0.717) is 11.4 Å². The Morgan fingerprint density at radius 3 is 2.80 bits per heavy atom. The predicted molar refractivity (Wildman–Crippen MR) is 104 cm³/mol. The van der Waals surface area contributed by atoms with Gasteiger partial charge in [0.2, 0.25) is 0 Å². The molecule has 2 aliphatic heterocycles. The van der Waals surface area contributed by atoms with Crippen molar-refractivity contribution in [2.45, 2.75) is 17.9 Å². The quantitative estimate of drug-likeness (QED) is 0.809. The van der Waals surface area contributed by atoms with Crippen molar-refractivity contribution in [1.29, 1.82) is 0 Å². The van der Waals surface area contributed by atoms with Gasteiger partial charge in [0.25, 0.3) is 10.0 Å². The molecule has 0 radical (unpaired) electrons. The van der Waals surface area contributed by atoms with Crippen LogP contribution in [0.15, 0.2) is 51.8 Å². The van der Waals surface area contributed by atoms with Crippen molar-refractivity contribution in [2.24, 2.45) is 0 Å². The first-order chi connectivity index (χ1) is 12.0. The van der Waals surface area contributed by atoms with Crippen molar-refractivity contribution in [2.75, 3.05) is 35.4 Å². The maximum Gasteiger partial charge on any atom is 0.264 e. The lowest BCUT2D eigenvalue weighted by Crippen LogP contribution is -2.59. The molecule has 0 amide bonds. The second-order valence-corrected chi connectivity index (χ2v) is 9.32.